The maximum atomic E-state index is 12.5. The number of nitrogens with one attached hydrogen (secondary N) is 1. The van der Waals surface area contributed by atoms with E-state index < -0.39 is 0 Å². The molecule has 1 aliphatic heterocycles. The topological polar surface area (TPSA) is 54.5 Å². The van der Waals surface area contributed by atoms with Gasteiger partial charge in [0.2, 0.25) is 0 Å². The summed E-state index contributed by atoms with van der Waals surface area (Å²) in [5, 5.41) is 3.35. The van der Waals surface area contributed by atoms with E-state index in [4.69, 9.17) is 16.3 Å². The van der Waals surface area contributed by atoms with Crippen LogP contribution in [0.15, 0.2) is 36.5 Å². The smallest absolute Gasteiger partial charge is 0.274 e. The van der Waals surface area contributed by atoms with E-state index in [0.717, 1.165) is 18.8 Å². The number of pyridine rings is 1. The monoisotopic (exact) mass is 345 g/mol. The molecule has 1 amide bonds. The zero-order valence-corrected chi connectivity index (χ0v) is 14.3. The summed E-state index contributed by atoms with van der Waals surface area (Å²) in [7, 11) is 1.55. The second-order valence-corrected chi connectivity index (χ2v) is 6.18. The van der Waals surface area contributed by atoms with Crippen molar-refractivity contribution in [2.24, 2.45) is 0 Å². The molecule has 6 heteroatoms. The van der Waals surface area contributed by atoms with Crippen LogP contribution in [0.2, 0.25) is 5.02 Å². The lowest BCUT2D eigenvalue weighted by Crippen LogP contribution is -2.29. The zero-order chi connectivity index (χ0) is 16.9. The second-order valence-electron chi connectivity index (χ2n) is 5.75. The van der Waals surface area contributed by atoms with E-state index >= 15 is 0 Å². The van der Waals surface area contributed by atoms with E-state index in [1.807, 2.05) is 12.1 Å². The van der Waals surface area contributed by atoms with Gasteiger partial charge in [0.15, 0.2) is 0 Å². The fraction of sp³-hybridized carbons (Fsp3) is 0.333. The van der Waals surface area contributed by atoms with Gasteiger partial charge in [0.25, 0.3) is 5.91 Å². The van der Waals surface area contributed by atoms with Gasteiger partial charge in [-0.05, 0) is 49.6 Å². The number of hydrogen-bond donors (Lipinski definition) is 1. The van der Waals surface area contributed by atoms with E-state index in [9.17, 15) is 4.79 Å². The Morgan fingerprint density at radius 2 is 2.00 bits per heavy atom. The minimum Gasteiger partial charge on any atom is -0.495 e. The summed E-state index contributed by atoms with van der Waals surface area (Å²) in [6.07, 6.45) is 5.31. The number of benzene rings is 1. The predicted molar refractivity (Wildman–Crippen MR) is 96.3 cm³/mol. The van der Waals surface area contributed by atoms with Crippen molar-refractivity contribution in [3.05, 3.63) is 47.2 Å². The van der Waals surface area contributed by atoms with Gasteiger partial charge in [0.1, 0.15) is 11.4 Å². The lowest BCUT2D eigenvalue weighted by Gasteiger charge is -2.28. The van der Waals surface area contributed by atoms with Crippen LogP contribution in [0.3, 0.4) is 0 Å². The van der Waals surface area contributed by atoms with Gasteiger partial charge >= 0.3 is 0 Å². The molecule has 0 aliphatic carbocycles. The number of nitrogens with zero attached hydrogens (tertiary/aromatic N) is 2. The van der Waals surface area contributed by atoms with Gasteiger partial charge in [-0.1, -0.05) is 11.6 Å². The third-order valence-electron chi connectivity index (χ3n) is 4.11. The van der Waals surface area contributed by atoms with E-state index in [-0.39, 0.29) is 5.91 Å². The molecule has 0 spiro atoms. The summed E-state index contributed by atoms with van der Waals surface area (Å²) in [6, 6.07) is 8.87. The summed E-state index contributed by atoms with van der Waals surface area (Å²) in [5.74, 6) is 0.273. The van der Waals surface area contributed by atoms with E-state index in [1.54, 1.807) is 31.5 Å². The fourth-order valence-corrected chi connectivity index (χ4v) is 3.03. The third kappa shape index (κ3) is 3.79. The number of piperidine rings is 1. The van der Waals surface area contributed by atoms with Gasteiger partial charge in [-0.3, -0.25) is 9.78 Å². The van der Waals surface area contributed by atoms with Gasteiger partial charge in [-0.25, -0.2) is 0 Å². The highest BCUT2D eigenvalue weighted by molar-refractivity contribution is 6.31. The fourth-order valence-electron chi connectivity index (χ4n) is 2.86. The summed E-state index contributed by atoms with van der Waals surface area (Å²) in [5.41, 5.74) is 1.94. The van der Waals surface area contributed by atoms with Gasteiger partial charge in [0.05, 0.1) is 12.8 Å². The number of halogens is 1. The van der Waals surface area contributed by atoms with Crippen molar-refractivity contribution in [3.63, 3.8) is 0 Å². The largest absolute Gasteiger partial charge is 0.495 e. The van der Waals surface area contributed by atoms with E-state index in [1.165, 1.54) is 19.3 Å². The Labute approximate surface area is 146 Å². The van der Waals surface area contributed by atoms with Crippen molar-refractivity contribution in [3.8, 4) is 5.75 Å². The van der Waals surface area contributed by atoms with E-state index in [2.05, 4.69) is 15.2 Å². The summed E-state index contributed by atoms with van der Waals surface area (Å²) >= 11 is 6.00. The van der Waals surface area contributed by atoms with Gasteiger partial charge < -0.3 is 15.0 Å². The van der Waals surface area contributed by atoms with Crippen LogP contribution < -0.4 is 15.0 Å². The van der Waals surface area contributed by atoms with Gasteiger partial charge in [-0.2, -0.15) is 0 Å². The first kappa shape index (κ1) is 16.6. The molecule has 0 bridgehead atoms. The number of carbonyl (C=O) groups is 1. The van der Waals surface area contributed by atoms with Gasteiger partial charge in [-0.15, -0.1) is 0 Å². The first-order valence-corrected chi connectivity index (χ1v) is 8.41. The number of aromatic nitrogens is 1. The molecule has 1 N–H and O–H groups in total. The second kappa shape index (κ2) is 7.53. The van der Waals surface area contributed by atoms with Crippen LogP contribution in [0.5, 0.6) is 5.75 Å². The number of amides is 1. The minimum absolute atomic E-state index is 0.283. The molecule has 1 aliphatic rings. The highest BCUT2D eigenvalue weighted by Crippen LogP contribution is 2.28. The molecule has 0 radical (unpaired) electrons. The molecular weight excluding hydrogens is 326 g/mol. The van der Waals surface area contributed by atoms with Crippen LogP contribution in [0.1, 0.15) is 29.8 Å². The van der Waals surface area contributed by atoms with Crippen LogP contribution in [0.25, 0.3) is 0 Å². The summed E-state index contributed by atoms with van der Waals surface area (Å²) < 4.78 is 5.25. The average molecular weight is 346 g/mol. The van der Waals surface area contributed by atoms with E-state index in [0.29, 0.717) is 22.2 Å². The van der Waals surface area contributed by atoms with Crippen LogP contribution in [0, 0.1) is 0 Å². The van der Waals surface area contributed by atoms with Crippen molar-refractivity contribution in [1.29, 1.82) is 0 Å². The molecule has 5 nitrogen and oxygen atoms in total. The molecule has 24 heavy (non-hydrogen) atoms. The molecule has 1 aromatic carbocycles. The van der Waals surface area contributed by atoms with Gasteiger partial charge in [0, 0.05) is 30.0 Å². The number of hydrogen-bond acceptors (Lipinski definition) is 4. The highest BCUT2D eigenvalue weighted by Gasteiger charge is 2.15. The number of ether oxygens (including phenoxy) is 1. The van der Waals surface area contributed by atoms with Crippen LogP contribution in [-0.2, 0) is 0 Å². The Morgan fingerprint density at radius 3 is 2.75 bits per heavy atom. The molecule has 1 aromatic heterocycles. The highest BCUT2D eigenvalue weighted by atomic mass is 35.5. The number of rotatable bonds is 4. The minimum atomic E-state index is -0.283. The normalized spacial score (nSPS) is 14.3. The maximum absolute atomic E-state index is 12.5. The quantitative estimate of drug-likeness (QED) is 0.910. The molecule has 0 saturated carbocycles. The Hall–Kier alpha value is -2.27. The van der Waals surface area contributed by atoms with Crippen LogP contribution in [-0.4, -0.2) is 31.1 Å². The van der Waals surface area contributed by atoms with Crippen molar-refractivity contribution >= 4 is 28.9 Å². The lowest BCUT2D eigenvalue weighted by molar-refractivity contribution is 0.102. The summed E-state index contributed by atoms with van der Waals surface area (Å²) in [4.78, 5) is 19.0. The first-order valence-electron chi connectivity index (χ1n) is 8.03. The van der Waals surface area contributed by atoms with Crippen molar-refractivity contribution < 1.29 is 9.53 Å². The molecule has 2 heterocycles. The van der Waals surface area contributed by atoms with Crippen molar-refractivity contribution in [1.82, 2.24) is 4.98 Å². The first-order chi connectivity index (χ1) is 11.7. The lowest BCUT2D eigenvalue weighted by atomic mass is 10.1. The third-order valence-corrected chi connectivity index (χ3v) is 4.34. The number of methoxy groups -OCH3 is 1. The average Bonchev–Trinajstić information content (AvgIpc) is 2.63. The maximum Gasteiger partial charge on any atom is 0.274 e. The SMILES string of the molecule is COc1ccc(Cl)cc1NC(=O)c1cc(N2CCCCC2)ccn1. The molecule has 1 saturated heterocycles. The Morgan fingerprint density at radius 1 is 1.21 bits per heavy atom. The number of carbonyl (C=O) groups excluding carboxylic acids is 1. The van der Waals surface area contributed by atoms with Crippen molar-refractivity contribution in [2.75, 3.05) is 30.4 Å². The molecule has 1 fully saturated rings. The molecule has 0 atom stereocenters. The molecule has 3 rings (SSSR count). The Kier molecular flexibility index (Phi) is 5.20. The molecule has 0 unspecified atom stereocenters. The number of anilines is 2. The zero-order valence-electron chi connectivity index (χ0n) is 13.6. The Bertz CT molecular complexity index is 730. The van der Waals surface area contributed by atoms with Crippen LogP contribution in [0.4, 0.5) is 11.4 Å². The van der Waals surface area contributed by atoms with Crippen LogP contribution >= 0.6 is 11.6 Å². The molecule has 126 valence electrons. The molecule has 2 aromatic rings. The Balaban J connectivity index is 1.79. The van der Waals surface area contributed by atoms with Crippen molar-refractivity contribution in [2.45, 2.75) is 19.3 Å². The predicted octanol–water partition coefficient (Wildman–Crippen LogP) is 3.99. The standard InChI is InChI=1S/C18H20ClN3O2/c1-24-17-6-5-13(19)11-15(17)21-18(23)16-12-14(7-8-20-16)22-9-3-2-4-10-22/h5-8,11-12H,2-4,9-10H2,1H3,(H,21,23). The molecular formula is C18H20ClN3O2. The summed E-state index contributed by atoms with van der Waals surface area (Å²) in [6.45, 7) is 2.04.